The average molecular weight is 421 g/mol. The summed E-state index contributed by atoms with van der Waals surface area (Å²) in [6, 6.07) is 5.51. The highest BCUT2D eigenvalue weighted by molar-refractivity contribution is 6.06. The van der Waals surface area contributed by atoms with Crippen molar-refractivity contribution < 1.29 is 24.1 Å². The second-order valence-electron chi connectivity index (χ2n) is 8.51. The van der Waals surface area contributed by atoms with Crippen molar-refractivity contribution in [2.75, 3.05) is 27.4 Å². The van der Waals surface area contributed by atoms with Crippen molar-refractivity contribution in [2.24, 2.45) is 4.99 Å². The number of nitrogens with zero attached hydrogens (tertiary/aromatic N) is 1. The molecule has 0 bridgehead atoms. The van der Waals surface area contributed by atoms with Gasteiger partial charge in [-0.15, -0.1) is 0 Å². The number of esters is 1. The Morgan fingerprint density at radius 3 is 2.53 bits per heavy atom. The molecule has 3 unspecified atom stereocenters. The SMILES string of the molecule is CCC(C)(CCOC(C)(CC)c1cccc(C2=NCC(C)(C(=O)OC)N2)c1O)OC. The Morgan fingerprint density at radius 1 is 1.27 bits per heavy atom. The van der Waals surface area contributed by atoms with Crippen LogP contribution in [0.3, 0.4) is 0 Å². The largest absolute Gasteiger partial charge is 0.507 e. The predicted molar refractivity (Wildman–Crippen MR) is 117 cm³/mol. The van der Waals surface area contributed by atoms with Gasteiger partial charge in [-0.05, 0) is 46.1 Å². The van der Waals surface area contributed by atoms with Crippen molar-refractivity contribution in [1.82, 2.24) is 5.32 Å². The Balaban J connectivity index is 2.25. The van der Waals surface area contributed by atoms with Gasteiger partial charge < -0.3 is 24.6 Å². The molecule has 1 aliphatic rings. The topological polar surface area (TPSA) is 89.4 Å². The molecule has 2 rings (SSSR count). The van der Waals surface area contributed by atoms with E-state index >= 15 is 0 Å². The van der Waals surface area contributed by atoms with Gasteiger partial charge in [0.05, 0.1) is 37.0 Å². The second-order valence-corrected chi connectivity index (χ2v) is 8.51. The number of ether oxygens (including phenoxy) is 3. The zero-order chi connectivity index (χ0) is 22.6. The number of benzene rings is 1. The number of para-hydroxylation sites is 1. The van der Waals surface area contributed by atoms with Crippen LogP contribution in [0.2, 0.25) is 0 Å². The van der Waals surface area contributed by atoms with Crippen LogP contribution in [-0.2, 0) is 24.6 Å². The Bertz CT molecular complexity index is 790. The van der Waals surface area contributed by atoms with E-state index in [0.29, 0.717) is 30.0 Å². The van der Waals surface area contributed by atoms with E-state index in [1.54, 1.807) is 20.1 Å². The van der Waals surface area contributed by atoms with Gasteiger partial charge in [-0.2, -0.15) is 0 Å². The molecule has 0 amide bonds. The summed E-state index contributed by atoms with van der Waals surface area (Å²) in [7, 11) is 3.07. The maximum atomic E-state index is 12.1. The van der Waals surface area contributed by atoms with Crippen molar-refractivity contribution in [1.29, 1.82) is 0 Å². The van der Waals surface area contributed by atoms with Gasteiger partial charge in [0.2, 0.25) is 0 Å². The van der Waals surface area contributed by atoms with Gasteiger partial charge >= 0.3 is 5.97 Å². The van der Waals surface area contributed by atoms with Crippen molar-refractivity contribution in [3.05, 3.63) is 29.3 Å². The molecule has 0 fully saturated rings. The Hall–Kier alpha value is -2.12. The fourth-order valence-electron chi connectivity index (χ4n) is 3.52. The molecule has 7 nitrogen and oxygen atoms in total. The minimum Gasteiger partial charge on any atom is -0.507 e. The van der Waals surface area contributed by atoms with Gasteiger partial charge in [-0.1, -0.05) is 26.0 Å². The van der Waals surface area contributed by atoms with Crippen molar-refractivity contribution in [2.45, 2.75) is 70.6 Å². The number of hydrogen-bond donors (Lipinski definition) is 2. The number of rotatable bonds is 10. The summed E-state index contributed by atoms with van der Waals surface area (Å²) in [6.45, 7) is 10.6. The van der Waals surface area contributed by atoms with Crippen LogP contribution in [0.1, 0.15) is 65.0 Å². The zero-order valence-electron chi connectivity index (χ0n) is 19.3. The molecule has 1 aliphatic heterocycles. The van der Waals surface area contributed by atoms with Crippen LogP contribution >= 0.6 is 0 Å². The maximum Gasteiger partial charge on any atom is 0.333 e. The summed E-state index contributed by atoms with van der Waals surface area (Å²) in [5, 5.41) is 14.2. The number of hydrogen-bond acceptors (Lipinski definition) is 7. The summed E-state index contributed by atoms with van der Waals surface area (Å²) in [4.78, 5) is 16.5. The van der Waals surface area contributed by atoms with Gasteiger partial charge in [0, 0.05) is 12.7 Å². The first-order valence-corrected chi connectivity index (χ1v) is 10.5. The average Bonchev–Trinajstić information content (AvgIpc) is 3.16. The van der Waals surface area contributed by atoms with Crippen LogP contribution in [0.4, 0.5) is 0 Å². The van der Waals surface area contributed by atoms with E-state index in [1.807, 2.05) is 26.0 Å². The molecular weight excluding hydrogens is 384 g/mol. The number of amidine groups is 1. The van der Waals surface area contributed by atoms with E-state index in [4.69, 9.17) is 14.2 Å². The molecule has 0 aliphatic carbocycles. The van der Waals surface area contributed by atoms with E-state index in [1.165, 1.54) is 7.11 Å². The van der Waals surface area contributed by atoms with Gasteiger partial charge in [-0.3, -0.25) is 4.99 Å². The molecule has 3 atom stereocenters. The van der Waals surface area contributed by atoms with Crippen molar-refractivity contribution in [3.8, 4) is 5.75 Å². The van der Waals surface area contributed by atoms with Crippen molar-refractivity contribution >= 4 is 11.8 Å². The smallest absolute Gasteiger partial charge is 0.333 e. The molecular formula is C23H36N2O5. The molecule has 7 heteroatoms. The third kappa shape index (κ3) is 4.78. The van der Waals surface area contributed by atoms with E-state index in [-0.39, 0.29) is 17.9 Å². The monoisotopic (exact) mass is 420 g/mol. The first-order chi connectivity index (χ1) is 14.1. The van der Waals surface area contributed by atoms with Crippen LogP contribution in [0.15, 0.2) is 23.2 Å². The molecule has 30 heavy (non-hydrogen) atoms. The zero-order valence-corrected chi connectivity index (χ0v) is 19.3. The first kappa shape index (κ1) is 24.2. The molecule has 0 aromatic heterocycles. The number of aromatic hydroxyl groups is 1. The molecule has 1 aromatic carbocycles. The third-order valence-corrected chi connectivity index (χ3v) is 6.41. The molecule has 1 heterocycles. The van der Waals surface area contributed by atoms with Crippen LogP contribution in [-0.4, -0.2) is 55.4 Å². The van der Waals surface area contributed by atoms with Crippen LogP contribution in [0.25, 0.3) is 0 Å². The normalized spacial score (nSPS) is 22.6. The minimum absolute atomic E-state index is 0.104. The van der Waals surface area contributed by atoms with E-state index < -0.39 is 17.1 Å². The highest BCUT2D eigenvalue weighted by Crippen LogP contribution is 2.38. The number of carbonyl (C=O) groups is 1. The summed E-state index contributed by atoms with van der Waals surface area (Å²) in [6.07, 6.45) is 2.32. The van der Waals surface area contributed by atoms with Gasteiger partial charge in [0.25, 0.3) is 0 Å². The van der Waals surface area contributed by atoms with E-state index in [9.17, 15) is 9.90 Å². The van der Waals surface area contributed by atoms with Crippen molar-refractivity contribution in [3.63, 3.8) is 0 Å². The fourth-order valence-corrected chi connectivity index (χ4v) is 3.52. The lowest BCUT2D eigenvalue weighted by Gasteiger charge is -2.33. The maximum absolute atomic E-state index is 12.1. The highest BCUT2D eigenvalue weighted by atomic mass is 16.5. The first-order valence-electron chi connectivity index (χ1n) is 10.5. The number of methoxy groups -OCH3 is 2. The Morgan fingerprint density at radius 2 is 1.97 bits per heavy atom. The van der Waals surface area contributed by atoms with E-state index in [2.05, 4.69) is 24.2 Å². The lowest BCUT2D eigenvalue weighted by Crippen LogP contribution is -2.50. The summed E-state index contributed by atoms with van der Waals surface area (Å²) < 4.78 is 16.8. The van der Waals surface area contributed by atoms with Crippen LogP contribution in [0.5, 0.6) is 5.75 Å². The molecule has 168 valence electrons. The van der Waals surface area contributed by atoms with E-state index in [0.717, 1.165) is 12.8 Å². The highest BCUT2D eigenvalue weighted by Gasteiger charge is 2.40. The standard InChI is InChI=1S/C23H36N2O5/c1-8-21(3,29-7)13-14-30-23(5,9-2)17-12-10-11-16(18(17)26)19-24-15-22(4,25-19)20(27)28-6/h10-12,26H,8-9,13-15H2,1-7H3,(H,24,25). The van der Waals surface area contributed by atoms with Gasteiger partial charge in [0.1, 0.15) is 11.6 Å². The van der Waals surface area contributed by atoms with Crippen LogP contribution in [0, 0.1) is 0 Å². The lowest BCUT2D eigenvalue weighted by molar-refractivity contribution is -0.146. The second kappa shape index (κ2) is 9.35. The number of nitrogens with one attached hydrogen (secondary N) is 1. The predicted octanol–water partition coefficient (Wildman–Crippen LogP) is 3.52. The number of carbonyl (C=O) groups excluding carboxylic acids is 1. The Labute approximate surface area is 179 Å². The molecule has 0 saturated heterocycles. The molecule has 1 aromatic rings. The summed E-state index contributed by atoms with van der Waals surface area (Å²) in [5.74, 6) is 0.182. The molecule has 2 N–H and O–H groups in total. The Kier molecular flexibility index (Phi) is 7.53. The molecule has 0 radical (unpaired) electrons. The fraction of sp³-hybridized carbons (Fsp3) is 0.652. The summed E-state index contributed by atoms with van der Waals surface area (Å²) in [5.41, 5.74) is -0.623. The van der Waals surface area contributed by atoms with Gasteiger partial charge in [-0.25, -0.2) is 4.79 Å². The quantitative estimate of drug-likeness (QED) is 0.563. The summed E-state index contributed by atoms with van der Waals surface area (Å²) >= 11 is 0. The number of phenols is 1. The number of phenolic OH excluding ortho intramolecular Hbond substituents is 1. The minimum atomic E-state index is -0.943. The molecule has 0 spiro atoms. The third-order valence-electron chi connectivity index (χ3n) is 6.41. The lowest BCUT2D eigenvalue weighted by atomic mass is 9.90. The van der Waals surface area contributed by atoms with Crippen LogP contribution < -0.4 is 5.32 Å². The number of aliphatic imine (C=N–C) groups is 1. The van der Waals surface area contributed by atoms with Gasteiger partial charge in [0.15, 0.2) is 5.54 Å². The molecule has 0 saturated carbocycles.